The summed E-state index contributed by atoms with van der Waals surface area (Å²) in [5.74, 6) is 0.837. The lowest BCUT2D eigenvalue weighted by Crippen LogP contribution is -1.88. The van der Waals surface area contributed by atoms with Crippen molar-refractivity contribution in [2.24, 2.45) is 0 Å². The van der Waals surface area contributed by atoms with Crippen LogP contribution in [0.25, 0.3) is 23.0 Å². The van der Waals surface area contributed by atoms with E-state index in [2.05, 4.69) is 21.2 Å². The van der Waals surface area contributed by atoms with Crippen molar-refractivity contribution in [2.75, 3.05) is 0 Å². The molecular formula is C15H10N4O. The monoisotopic (exact) mass is 262 g/mol. The Bertz CT molecular complexity index is 759. The van der Waals surface area contributed by atoms with Gasteiger partial charge in [0.2, 0.25) is 5.82 Å². The topological polar surface area (TPSA) is 75.6 Å². The van der Waals surface area contributed by atoms with Crippen molar-refractivity contribution in [2.45, 2.75) is 6.42 Å². The van der Waals surface area contributed by atoms with E-state index in [1.807, 2.05) is 42.5 Å². The zero-order valence-electron chi connectivity index (χ0n) is 10.5. The van der Waals surface area contributed by atoms with Gasteiger partial charge in [0.15, 0.2) is 0 Å². The maximum absolute atomic E-state index is 8.85. The second kappa shape index (κ2) is 5.33. The summed E-state index contributed by atoms with van der Waals surface area (Å²) in [6.07, 6.45) is 1.98. The molecule has 3 rings (SSSR count). The maximum atomic E-state index is 8.85. The summed E-state index contributed by atoms with van der Waals surface area (Å²) in [6.45, 7) is 0. The first-order valence-electron chi connectivity index (χ1n) is 6.09. The van der Waals surface area contributed by atoms with Crippen LogP contribution in [0.5, 0.6) is 0 Å². The highest BCUT2D eigenvalue weighted by Crippen LogP contribution is 2.24. The minimum absolute atomic E-state index is 0.303. The highest BCUT2D eigenvalue weighted by atomic mass is 16.5. The van der Waals surface area contributed by atoms with Gasteiger partial charge in [0.1, 0.15) is 5.69 Å². The summed E-state index contributed by atoms with van der Waals surface area (Å²) in [6, 6.07) is 15.1. The quantitative estimate of drug-likeness (QED) is 0.725. The Kier molecular flexibility index (Phi) is 3.21. The number of nitriles is 1. The lowest BCUT2D eigenvalue weighted by atomic mass is 10.1. The second-order valence-corrected chi connectivity index (χ2v) is 4.13. The van der Waals surface area contributed by atoms with Crippen LogP contribution in [-0.4, -0.2) is 15.1 Å². The number of rotatable bonds is 3. The average Bonchev–Trinajstić information content (AvgIpc) is 2.99. The third-order valence-electron chi connectivity index (χ3n) is 2.84. The van der Waals surface area contributed by atoms with E-state index in [0.717, 1.165) is 11.1 Å². The van der Waals surface area contributed by atoms with E-state index >= 15 is 0 Å². The van der Waals surface area contributed by atoms with Crippen LogP contribution in [0.1, 0.15) is 5.56 Å². The Morgan fingerprint density at radius 3 is 2.75 bits per heavy atom. The highest BCUT2D eigenvalue weighted by Gasteiger charge is 2.13. The fraction of sp³-hybridized carbons (Fsp3) is 0.0667. The molecule has 0 saturated heterocycles. The molecule has 0 N–H and O–H groups in total. The van der Waals surface area contributed by atoms with Gasteiger partial charge in [-0.2, -0.15) is 10.2 Å². The minimum atomic E-state index is 0.303. The van der Waals surface area contributed by atoms with Crippen LogP contribution in [-0.2, 0) is 6.42 Å². The predicted molar refractivity (Wildman–Crippen MR) is 72.3 cm³/mol. The number of nitrogens with zero attached hydrogens (tertiary/aromatic N) is 4. The van der Waals surface area contributed by atoms with Crippen LogP contribution < -0.4 is 0 Å². The first-order chi connectivity index (χ1) is 9.88. The molecule has 0 aliphatic carbocycles. The average molecular weight is 262 g/mol. The van der Waals surface area contributed by atoms with Crippen molar-refractivity contribution >= 4 is 0 Å². The van der Waals surface area contributed by atoms with Gasteiger partial charge in [-0.3, -0.25) is 4.98 Å². The smallest absolute Gasteiger partial charge is 0.258 e. The molecule has 3 aromatic rings. The molecule has 0 spiro atoms. The SMILES string of the molecule is N#CCc1ccccc1-c1nc(-c2ccccn2)no1. The zero-order valence-corrected chi connectivity index (χ0v) is 10.5. The van der Waals surface area contributed by atoms with Gasteiger partial charge in [-0.15, -0.1) is 0 Å². The molecule has 0 radical (unpaired) electrons. The minimum Gasteiger partial charge on any atom is -0.334 e. The molecule has 0 atom stereocenters. The third-order valence-corrected chi connectivity index (χ3v) is 2.84. The van der Waals surface area contributed by atoms with E-state index in [1.165, 1.54) is 0 Å². The van der Waals surface area contributed by atoms with Crippen molar-refractivity contribution in [1.29, 1.82) is 5.26 Å². The normalized spacial score (nSPS) is 10.2. The standard InChI is InChI=1S/C15H10N4O/c16-9-8-11-5-1-2-6-12(11)15-18-14(19-20-15)13-7-3-4-10-17-13/h1-7,10H,8H2. The molecule has 5 nitrogen and oxygen atoms in total. The Balaban J connectivity index is 2.01. The fourth-order valence-corrected chi connectivity index (χ4v) is 1.90. The van der Waals surface area contributed by atoms with Crippen LogP contribution >= 0.6 is 0 Å². The largest absolute Gasteiger partial charge is 0.334 e. The lowest BCUT2D eigenvalue weighted by Gasteiger charge is -2.00. The molecule has 0 saturated carbocycles. The number of benzene rings is 1. The van der Waals surface area contributed by atoms with Gasteiger partial charge in [-0.25, -0.2) is 0 Å². The van der Waals surface area contributed by atoms with Gasteiger partial charge >= 0.3 is 0 Å². The molecule has 20 heavy (non-hydrogen) atoms. The van der Waals surface area contributed by atoms with Gasteiger partial charge in [0.05, 0.1) is 12.5 Å². The summed E-state index contributed by atoms with van der Waals surface area (Å²) in [5, 5.41) is 12.8. The zero-order chi connectivity index (χ0) is 13.8. The van der Waals surface area contributed by atoms with E-state index in [0.29, 0.717) is 23.8 Å². The second-order valence-electron chi connectivity index (χ2n) is 4.13. The van der Waals surface area contributed by atoms with Gasteiger partial charge in [0, 0.05) is 11.8 Å². The van der Waals surface area contributed by atoms with Crippen molar-refractivity contribution in [3.63, 3.8) is 0 Å². The summed E-state index contributed by atoms with van der Waals surface area (Å²) in [7, 11) is 0. The van der Waals surface area contributed by atoms with Gasteiger partial charge in [0.25, 0.3) is 5.89 Å². The summed E-state index contributed by atoms with van der Waals surface area (Å²) in [5.41, 5.74) is 2.30. The van der Waals surface area contributed by atoms with E-state index < -0.39 is 0 Å². The molecule has 2 aromatic heterocycles. The highest BCUT2D eigenvalue weighted by molar-refractivity contribution is 5.61. The molecule has 0 aliphatic rings. The molecule has 0 aliphatic heterocycles. The van der Waals surface area contributed by atoms with Crippen molar-refractivity contribution < 1.29 is 4.52 Å². The molecule has 5 heteroatoms. The number of hydrogen-bond acceptors (Lipinski definition) is 5. The maximum Gasteiger partial charge on any atom is 0.258 e. The molecule has 1 aromatic carbocycles. The summed E-state index contributed by atoms with van der Waals surface area (Å²) < 4.78 is 5.28. The Morgan fingerprint density at radius 2 is 1.95 bits per heavy atom. The van der Waals surface area contributed by atoms with Crippen LogP contribution in [0.3, 0.4) is 0 Å². The number of aromatic nitrogens is 3. The van der Waals surface area contributed by atoms with Crippen LogP contribution in [0.2, 0.25) is 0 Å². The van der Waals surface area contributed by atoms with E-state index in [9.17, 15) is 0 Å². The third kappa shape index (κ3) is 2.27. The Morgan fingerprint density at radius 1 is 1.10 bits per heavy atom. The lowest BCUT2D eigenvalue weighted by molar-refractivity contribution is 0.432. The fourth-order valence-electron chi connectivity index (χ4n) is 1.90. The molecule has 0 amide bonds. The van der Waals surface area contributed by atoms with Crippen LogP contribution in [0, 0.1) is 11.3 Å². The van der Waals surface area contributed by atoms with Gasteiger partial charge < -0.3 is 4.52 Å². The first-order valence-corrected chi connectivity index (χ1v) is 6.09. The Hall–Kier alpha value is -3.00. The van der Waals surface area contributed by atoms with Crippen LogP contribution in [0.15, 0.2) is 53.2 Å². The first kappa shape index (κ1) is 12.1. The molecule has 2 heterocycles. The molecular weight excluding hydrogens is 252 g/mol. The van der Waals surface area contributed by atoms with Crippen molar-refractivity contribution in [3.05, 3.63) is 54.2 Å². The molecule has 96 valence electrons. The van der Waals surface area contributed by atoms with Crippen LogP contribution in [0.4, 0.5) is 0 Å². The summed E-state index contributed by atoms with van der Waals surface area (Å²) >= 11 is 0. The van der Waals surface area contributed by atoms with Gasteiger partial charge in [-0.1, -0.05) is 29.4 Å². The number of pyridine rings is 1. The van der Waals surface area contributed by atoms with Crippen molar-refractivity contribution in [3.8, 4) is 29.0 Å². The van der Waals surface area contributed by atoms with E-state index in [4.69, 9.17) is 9.78 Å². The molecule has 0 unspecified atom stereocenters. The molecule has 0 bridgehead atoms. The van der Waals surface area contributed by atoms with Gasteiger partial charge in [-0.05, 0) is 23.8 Å². The van der Waals surface area contributed by atoms with Crippen molar-refractivity contribution in [1.82, 2.24) is 15.1 Å². The predicted octanol–water partition coefficient (Wildman–Crippen LogP) is 2.86. The van der Waals surface area contributed by atoms with E-state index in [-0.39, 0.29) is 0 Å². The number of hydrogen-bond donors (Lipinski definition) is 0. The Labute approximate surface area is 115 Å². The summed E-state index contributed by atoms with van der Waals surface area (Å²) in [4.78, 5) is 8.52. The molecule has 0 fully saturated rings. The van der Waals surface area contributed by atoms with E-state index in [1.54, 1.807) is 6.20 Å².